The number of carbonyl (C=O) groups excluding carboxylic acids is 1. The van der Waals surface area contributed by atoms with Crippen LogP contribution in [0.3, 0.4) is 0 Å². The third-order valence-corrected chi connectivity index (χ3v) is 2.49. The van der Waals surface area contributed by atoms with Gasteiger partial charge in [-0.25, -0.2) is 0 Å². The summed E-state index contributed by atoms with van der Waals surface area (Å²) in [5.74, 6) is -1.28. The standard InChI is InChI=1S/C11H10ClN5O2.Na/c1-13-10(18)9-11(19)17(16-15-9)14-6-7-2-4-8(12)5-3-7;/h2-6,19H,1H3,(H,13,18);/q;+1/p-1. The summed E-state index contributed by atoms with van der Waals surface area (Å²) in [5, 5.41) is 25.4. The second kappa shape index (κ2) is 7.39. The minimum atomic E-state index is -0.676. The van der Waals surface area contributed by atoms with Crippen LogP contribution in [-0.4, -0.2) is 34.3 Å². The van der Waals surface area contributed by atoms with Crippen molar-refractivity contribution < 1.29 is 39.5 Å². The first kappa shape index (κ1) is 16.6. The Kier molecular flexibility index (Phi) is 6.15. The zero-order chi connectivity index (χ0) is 13.8. The van der Waals surface area contributed by atoms with Crippen LogP contribution in [0, 0.1) is 0 Å². The van der Waals surface area contributed by atoms with Gasteiger partial charge in [0.1, 0.15) is 0 Å². The van der Waals surface area contributed by atoms with E-state index in [0.717, 1.165) is 10.4 Å². The summed E-state index contributed by atoms with van der Waals surface area (Å²) in [6.07, 6.45) is 1.42. The van der Waals surface area contributed by atoms with E-state index in [9.17, 15) is 9.90 Å². The molecule has 7 nitrogen and oxygen atoms in total. The summed E-state index contributed by atoms with van der Waals surface area (Å²) < 4.78 is 0. The number of rotatable bonds is 3. The molecule has 0 spiro atoms. The first-order valence-electron chi connectivity index (χ1n) is 5.26. The van der Waals surface area contributed by atoms with Gasteiger partial charge in [0.05, 0.1) is 6.21 Å². The molecule has 0 atom stereocenters. The van der Waals surface area contributed by atoms with Crippen molar-refractivity contribution in [2.24, 2.45) is 5.10 Å². The van der Waals surface area contributed by atoms with Crippen LogP contribution in [0.25, 0.3) is 0 Å². The van der Waals surface area contributed by atoms with Crippen molar-refractivity contribution in [2.45, 2.75) is 0 Å². The molecule has 1 amide bonds. The number of benzene rings is 1. The zero-order valence-corrected chi connectivity index (χ0v) is 13.6. The molecule has 1 aromatic heterocycles. The molecule has 0 aliphatic heterocycles. The molecule has 1 aromatic carbocycles. The maximum absolute atomic E-state index is 11.7. The van der Waals surface area contributed by atoms with E-state index in [4.69, 9.17) is 11.6 Å². The maximum Gasteiger partial charge on any atom is 1.00 e. The van der Waals surface area contributed by atoms with E-state index in [2.05, 4.69) is 20.7 Å². The van der Waals surface area contributed by atoms with E-state index < -0.39 is 11.8 Å². The average molecular weight is 302 g/mol. The van der Waals surface area contributed by atoms with Gasteiger partial charge in [0.25, 0.3) is 5.91 Å². The molecule has 98 valence electrons. The summed E-state index contributed by atoms with van der Waals surface area (Å²) in [7, 11) is 1.40. The monoisotopic (exact) mass is 301 g/mol. The van der Waals surface area contributed by atoms with Crippen LogP contribution in [0.4, 0.5) is 0 Å². The molecule has 0 fully saturated rings. The molecule has 0 saturated carbocycles. The summed E-state index contributed by atoms with van der Waals surface area (Å²) in [6.45, 7) is 0. The van der Waals surface area contributed by atoms with Gasteiger partial charge in [-0.1, -0.05) is 23.7 Å². The molecular formula is C11H9ClN5NaO2. The van der Waals surface area contributed by atoms with Crippen LogP contribution in [0.1, 0.15) is 16.1 Å². The van der Waals surface area contributed by atoms with Crippen molar-refractivity contribution in [1.82, 2.24) is 20.4 Å². The Morgan fingerprint density at radius 1 is 1.45 bits per heavy atom. The van der Waals surface area contributed by atoms with Gasteiger partial charge in [0, 0.05) is 18.0 Å². The molecule has 0 radical (unpaired) electrons. The van der Waals surface area contributed by atoms with Gasteiger partial charge < -0.3 is 10.4 Å². The second-order valence-electron chi connectivity index (χ2n) is 3.51. The quantitative estimate of drug-likeness (QED) is 0.491. The Morgan fingerprint density at radius 2 is 2.10 bits per heavy atom. The number of hydrogen-bond acceptors (Lipinski definition) is 5. The molecule has 1 N–H and O–H groups in total. The van der Waals surface area contributed by atoms with Crippen LogP contribution >= 0.6 is 11.6 Å². The van der Waals surface area contributed by atoms with Crippen LogP contribution < -0.4 is 40.0 Å². The van der Waals surface area contributed by atoms with Crippen molar-refractivity contribution in [3.8, 4) is 5.88 Å². The fraction of sp³-hybridized carbons (Fsp3) is 0.0909. The molecule has 0 aliphatic carbocycles. The largest absolute Gasteiger partial charge is 1.00 e. The first-order chi connectivity index (χ1) is 9.11. The Bertz CT molecular complexity index is 626. The van der Waals surface area contributed by atoms with Crippen LogP contribution in [0.15, 0.2) is 29.4 Å². The Balaban J connectivity index is 0.00000200. The molecule has 2 rings (SSSR count). The molecule has 20 heavy (non-hydrogen) atoms. The van der Waals surface area contributed by atoms with Gasteiger partial charge in [-0.05, 0) is 22.9 Å². The van der Waals surface area contributed by atoms with E-state index >= 15 is 0 Å². The number of hydrogen-bond donors (Lipinski definition) is 1. The summed E-state index contributed by atoms with van der Waals surface area (Å²) in [5.41, 5.74) is 0.441. The molecule has 2 aromatic rings. The van der Waals surface area contributed by atoms with Gasteiger partial charge in [-0.2, -0.15) is 5.10 Å². The van der Waals surface area contributed by atoms with E-state index in [1.165, 1.54) is 13.3 Å². The predicted octanol–water partition coefficient (Wildman–Crippen LogP) is -2.75. The van der Waals surface area contributed by atoms with Crippen molar-refractivity contribution in [2.75, 3.05) is 7.05 Å². The fourth-order valence-corrected chi connectivity index (χ4v) is 1.40. The van der Waals surface area contributed by atoms with Gasteiger partial charge in [0.15, 0.2) is 5.69 Å². The fourth-order valence-electron chi connectivity index (χ4n) is 1.27. The minimum Gasteiger partial charge on any atom is -0.856 e. The molecule has 9 heteroatoms. The molecule has 0 saturated heterocycles. The van der Waals surface area contributed by atoms with E-state index in [0.29, 0.717) is 5.02 Å². The molecular weight excluding hydrogens is 293 g/mol. The number of nitrogens with zero attached hydrogens (tertiary/aromatic N) is 4. The van der Waals surface area contributed by atoms with Crippen molar-refractivity contribution >= 4 is 23.7 Å². The Labute approximate surface area is 141 Å². The van der Waals surface area contributed by atoms with Gasteiger partial charge in [-0.15, -0.1) is 9.89 Å². The molecule has 0 unspecified atom stereocenters. The SMILES string of the molecule is CNC(=O)c1nnn(N=Cc2ccc(Cl)cc2)c1[O-].[Na+]. The zero-order valence-electron chi connectivity index (χ0n) is 10.9. The minimum absolute atomic E-state index is 0. The molecule has 0 aliphatic rings. The van der Waals surface area contributed by atoms with E-state index in [1.807, 2.05) is 0 Å². The van der Waals surface area contributed by atoms with Crippen molar-refractivity contribution in [3.63, 3.8) is 0 Å². The smallest absolute Gasteiger partial charge is 0.856 e. The van der Waals surface area contributed by atoms with Crippen molar-refractivity contribution in [1.29, 1.82) is 0 Å². The number of amides is 1. The first-order valence-corrected chi connectivity index (χ1v) is 5.64. The van der Waals surface area contributed by atoms with E-state index in [-0.39, 0.29) is 35.3 Å². The number of halogens is 1. The average Bonchev–Trinajstić information content (AvgIpc) is 2.79. The number of aromatic nitrogens is 3. The van der Waals surface area contributed by atoms with Gasteiger partial charge >= 0.3 is 29.6 Å². The van der Waals surface area contributed by atoms with E-state index in [1.54, 1.807) is 24.3 Å². The normalized spacial score (nSPS) is 10.3. The second-order valence-corrected chi connectivity index (χ2v) is 3.94. The summed E-state index contributed by atoms with van der Waals surface area (Å²) >= 11 is 5.74. The predicted molar refractivity (Wildman–Crippen MR) is 67.3 cm³/mol. The summed E-state index contributed by atoms with van der Waals surface area (Å²) in [4.78, 5) is 12.0. The Morgan fingerprint density at radius 3 is 2.70 bits per heavy atom. The summed E-state index contributed by atoms with van der Waals surface area (Å²) in [6, 6.07) is 6.84. The molecule has 1 heterocycles. The number of carbonyl (C=O) groups is 1. The van der Waals surface area contributed by atoms with Crippen molar-refractivity contribution in [3.05, 3.63) is 40.5 Å². The van der Waals surface area contributed by atoms with Crippen LogP contribution in [-0.2, 0) is 0 Å². The number of nitrogens with one attached hydrogen (secondary N) is 1. The van der Waals surface area contributed by atoms with Crippen LogP contribution in [0.5, 0.6) is 5.88 Å². The molecule has 0 bridgehead atoms. The topological polar surface area (TPSA) is 95.2 Å². The third-order valence-electron chi connectivity index (χ3n) is 2.24. The third kappa shape index (κ3) is 3.80. The maximum atomic E-state index is 11.7. The van der Waals surface area contributed by atoms with Crippen LogP contribution in [0.2, 0.25) is 5.02 Å². The Hall–Kier alpha value is -1.41. The van der Waals surface area contributed by atoms with Gasteiger partial charge in [-0.3, -0.25) is 4.79 Å². The van der Waals surface area contributed by atoms with Gasteiger partial charge in [0.2, 0.25) is 0 Å².